The Morgan fingerprint density at radius 3 is 2.58 bits per heavy atom. The van der Waals surface area contributed by atoms with Crippen LogP contribution in [-0.4, -0.2) is 38.9 Å². The molecule has 0 saturated carbocycles. The van der Waals surface area contributed by atoms with Crippen molar-refractivity contribution in [3.63, 3.8) is 0 Å². The zero-order valence-electron chi connectivity index (χ0n) is 18.3. The summed E-state index contributed by atoms with van der Waals surface area (Å²) in [5, 5.41) is 14.9. The van der Waals surface area contributed by atoms with Crippen molar-refractivity contribution in [3.8, 4) is 5.75 Å². The number of nitrogens with one attached hydrogen (secondary N) is 2. The molecule has 1 heterocycles. The summed E-state index contributed by atoms with van der Waals surface area (Å²) in [5.41, 5.74) is 2.59. The molecule has 0 radical (unpaired) electrons. The molecule has 0 fully saturated rings. The molecule has 0 spiro atoms. The fourth-order valence-electron chi connectivity index (χ4n) is 2.92. The number of nitrogens with zero attached hydrogens (tertiary/aromatic N) is 3. The van der Waals surface area contributed by atoms with Crippen LogP contribution in [0.1, 0.15) is 17.0 Å². The number of benzene rings is 2. The molecule has 8 nitrogen and oxygen atoms in total. The van der Waals surface area contributed by atoms with Crippen LogP contribution < -0.4 is 15.4 Å². The van der Waals surface area contributed by atoms with Crippen molar-refractivity contribution in [2.24, 2.45) is 7.05 Å². The average molecular weight is 553 g/mol. The molecule has 0 atom stereocenters. The van der Waals surface area contributed by atoms with Gasteiger partial charge in [-0.05, 0) is 59.1 Å². The zero-order chi connectivity index (χ0) is 24.0. The zero-order valence-corrected chi connectivity index (χ0v) is 21.5. The van der Waals surface area contributed by atoms with Crippen molar-refractivity contribution in [3.05, 3.63) is 62.8 Å². The first-order valence-electron chi connectivity index (χ1n) is 9.96. The summed E-state index contributed by atoms with van der Waals surface area (Å²) in [5.74, 6) is 0.996. The summed E-state index contributed by atoms with van der Waals surface area (Å²) in [6.07, 6.45) is 0. The molecule has 11 heteroatoms. The summed E-state index contributed by atoms with van der Waals surface area (Å²) in [4.78, 5) is 24.4. The number of amides is 2. The van der Waals surface area contributed by atoms with Gasteiger partial charge in [0.25, 0.3) is 5.91 Å². The Hall–Kier alpha value is -2.56. The van der Waals surface area contributed by atoms with Gasteiger partial charge in [0.15, 0.2) is 17.6 Å². The highest BCUT2D eigenvalue weighted by atomic mass is 79.9. The maximum absolute atomic E-state index is 12.2. The van der Waals surface area contributed by atoms with Gasteiger partial charge in [-0.2, -0.15) is 0 Å². The van der Waals surface area contributed by atoms with Crippen LogP contribution >= 0.6 is 39.3 Å². The number of anilines is 1. The predicted molar refractivity (Wildman–Crippen MR) is 133 cm³/mol. The van der Waals surface area contributed by atoms with Gasteiger partial charge < -0.3 is 19.9 Å². The number of aromatic nitrogens is 3. The number of hydrogen-bond donors (Lipinski definition) is 2. The second-order valence-corrected chi connectivity index (χ2v) is 9.41. The fraction of sp³-hybridized carbons (Fsp3) is 0.273. The van der Waals surface area contributed by atoms with Crippen LogP contribution in [0.3, 0.4) is 0 Å². The highest BCUT2D eigenvalue weighted by Gasteiger charge is 2.14. The van der Waals surface area contributed by atoms with E-state index in [1.165, 1.54) is 11.8 Å². The van der Waals surface area contributed by atoms with Crippen LogP contribution in [0.15, 0.2) is 46.0 Å². The van der Waals surface area contributed by atoms with E-state index in [0.29, 0.717) is 31.9 Å². The molecule has 0 aliphatic heterocycles. The largest absolute Gasteiger partial charge is 0.483 e. The molecule has 2 N–H and O–H groups in total. The molecule has 1 aromatic heterocycles. The normalized spacial score (nSPS) is 10.7. The van der Waals surface area contributed by atoms with E-state index in [9.17, 15) is 9.59 Å². The number of carbonyl (C=O) groups excluding carboxylic acids is 2. The van der Waals surface area contributed by atoms with Crippen LogP contribution in [-0.2, 0) is 23.2 Å². The number of halogens is 2. The highest BCUT2D eigenvalue weighted by Crippen LogP contribution is 2.26. The fourth-order valence-corrected chi connectivity index (χ4v) is 4.15. The minimum Gasteiger partial charge on any atom is -0.483 e. The van der Waals surface area contributed by atoms with Gasteiger partial charge >= 0.3 is 0 Å². The number of rotatable bonds is 9. The molecular weight excluding hydrogens is 530 g/mol. The van der Waals surface area contributed by atoms with Crippen molar-refractivity contribution in [1.82, 2.24) is 20.1 Å². The molecular formula is C22H23BrClN5O3S. The molecule has 0 unspecified atom stereocenters. The van der Waals surface area contributed by atoms with Gasteiger partial charge in [0.05, 0.1) is 17.3 Å². The first-order chi connectivity index (χ1) is 15.7. The van der Waals surface area contributed by atoms with Crippen molar-refractivity contribution in [2.75, 3.05) is 17.7 Å². The van der Waals surface area contributed by atoms with E-state index in [-0.39, 0.29) is 30.7 Å². The maximum atomic E-state index is 12.2. The van der Waals surface area contributed by atoms with Gasteiger partial charge in [-0.25, -0.2) is 0 Å². The van der Waals surface area contributed by atoms with Gasteiger partial charge in [-0.15, -0.1) is 10.2 Å². The standard InChI is InChI=1S/C22H23BrClN5O3S/c1-13-5-4-6-14(2)21(13)32-11-19(30)25-10-18-27-28-22(29(18)3)33-12-20(31)26-15-7-8-17(24)16(23)9-15/h4-9H,10-12H2,1-3H3,(H,25,30)(H,26,31). The molecule has 174 valence electrons. The lowest BCUT2D eigenvalue weighted by molar-refractivity contribution is -0.123. The Morgan fingerprint density at radius 1 is 1.15 bits per heavy atom. The number of ether oxygens (including phenoxy) is 1. The second-order valence-electron chi connectivity index (χ2n) is 7.21. The summed E-state index contributed by atoms with van der Waals surface area (Å²) in [6, 6.07) is 11.0. The summed E-state index contributed by atoms with van der Waals surface area (Å²) in [6.45, 7) is 3.98. The van der Waals surface area contributed by atoms with Gasteiger partial charge in [0.1, 0.15) is 5.75 Å². The monoisotopic (exact) mass is 551 g/mol. The van der Waals surface area contributed by atoms with Crippen LogP contribution in [0.5, 0.6) is 5.75 Å². The minimum atomic E-state index is -0.261. The van der Waals surface area contributed by atoms with E-state index in [1.54, 1.807) is 29.8 Å². The lowest BCUT2D eigenvalue weighted by Gasteiger charge is -2.12. The Kier molecular flexibility index (Phi) is 8.76. The molecule has 0 saturated heterocycles. The smallest absolute Gasteiger partial charge is 0.258 e. The predicted octanol–water partition coefficient (Wildman–Crippen LogP) is 4.27. The number of aryl methyl sites for hydroxylation is 2. The third kappa shape index (κ3) is 6.96. The lowest BCUT2D eigenvalue weighted by atomic mass is 10.1. The number of carbonyl (C=O) groups is 2. The Balaban J connectivity index is 1.46. The quantitative estimate of drug-likeness (QED) is 0.385. The molecule has 0 bridgehead atoms. The number of para-hydroxylation sites is 1. The highest BCUT2D eigenvalue weighted by molar-refractivity contribution is 9.10. The molecule has 33 heavy (non-hydrogen) atoms. The van der Waals surface area contributed by atoms with E-state index < -0.39 is 0 Å². The van der Waals surface area contributed by atoms with Crippen molar-refractivity contribution in [2.45, 2.75) is 25.5 Å². The molecule has 2 aromatic carbocycles. The summed E-state index contributed by atoms with van der Waals surface area (Å²) in [7, 11) is 1.78. The molecule has 0 aliphatic carbocycles. The van der Waals surface area contributed by atoms with Crippen LogP contribution in [0.2, 0.25) is 5.02 Å². The Bertz CT molecular complexity index is 1150. The van der Waals surface area contributed by atoms with E-state index in [1.807, 2.05) is 32.0 Å². The third-order valence-corrected chi connectivity index (χ3v) is 6.90. The minimum absolute atomic E-state index is 0.0911. The first kappa shape index (κ1) is 25.1. The van der Waals surface area contributed by atoms with E-state index in [4.69, 9.17) is 16.3 Å². The summed E-state index contributed by atoms with van der Waals surface area (Å²) < 4.78 is 8.11. The van der Waals surface area contributed by atoms with Gasteiger partial charge in [-0.3, -0.25) is 9.59 Å². The van der Waals surface area contributed by atoms with Crippen molar-refractivity contribution < 1.29 is 14.3 Å². The second kappa shape index (κ2) is 11.5. The molecule has 3 aromatic rings. The number of hydrogen-bond acceptors (Lipinski definition) is 6. The lowest BCUT2D eigenvalue weighted by Crippen LogP contribution is -2.29. The number of thioether (sulfide) groups is 1. The van der Waals surface area contributed by atoms with E-state index >= 15 is 0 Å². The molecule has 0 aliphatic rings. The molecule has 3 rings (SSSR count). The maximum Gasteiger partial charge on any atom is 0.258 e. The van der Waals surface area contributed by atoms with Crippen molar-refractivity contribution >= 4 is 56.8 Å². The SMILES string of the molecule is Cc1cccc(C)c1OCC(=O)NCc1nnc(SCC(=O)Nc2ccc(Cl)c(Br)c2)n1C. The van der Waals surface area contributed by atoms with Gasteiger partial charge in [0.2, 0.25) is 5.91 Å². The summed E-state index contributed by atoms with van der Waals surface area (Å²) >= 11 is 10.5. The van der Waals surface area contributed by atoms with Crippen LogP contribution in [0.25, 0.3) is 0 Å². The van der Waals surface area contributed by atoms with E-state index in [0.717, 1.165) is 11.1 Å². The molecule has 2 amide bonds. The van der Waals surface area contributed by atoms with Crippen LogP contribution in [0.4, 0.5) is 5.69 Å². The first-order valence-corrected chi connectivity index (χ1v) is 12.1. The topological polar surface area (TPSA) is 98.1 Å². The third-order valence-electron chi connectivity index (χ3n) is 4.66. The van der Waals surface area contributed by atoms with E-state index in [2.05, 4.69) is 36.8 Å². The van der Waals surface area contributed by atoms with Crippen molar-refractivity contribution in [1.29, 1.82) is 0 Å². The van der Waals surface area contributed by atoms with Crippen LogP contribution in [0, 0.1) is 13.8 Å². The van der Waals surface area contributed by atoms with Gasteiger partial charge in [-0.1, -0.05) is 41.6 Å². The Morgan fingerprint density at radius 2 is 1.88 bits per heavy atom. The van der Waals surface area contributed by atoms with Gasteiger partial charge in [0, 0.05) is 17.2 Å². The Labute approximate surface area is 209 Å². The average Bonchev–Trinajstić information content (AvgIpc) is 3.12.